The summed E-state index contributed by atoms with van der Waals surface area (Å²) in [6, 6.07) is 0. The molecule has 1 aliphatic heterocycles. The van der Waals surface area contributed by atoms with Crippen molar-refractivity contribution in [3.8, 4) is 5.75 Å². The smallest absolute Gasteiger partial charge is 0.313 e. The van der Waals surface area contributed by atoms with Crippen molar-refractivity contribution in [1.82, 2.24) is 4.90 Å². The van der Waals surface area contributed by atoms with Crippen molar-refractivity contribution >= 4 is 11.9 Å². The highest BCUT2D eigenvalue weighted by molar-refractivity contribution is 5.76. The highest BCUT2D eigenvalue weighted by atomic mass is 19.2. The average Bonchev–Trinajstić information content (AvgIpc) is 2.92. The Morgan fingerprint density at radius 3 is 1.70 bits per heavy atom. The van der Waals surface area contributed by atoms with Gasteiger partial charge in [0.1, 0.15) is 0 Å². The molecule has 1 saturated heterocycles. The second kappa shape index (κ2) is 16.9. The van der Waals surface area contributed by atoms with Crippen molar-refractivity contribution in [1.29, 1.82) is 0 Å². The van der Waals surface area contributed by atoms with E-state index in [0.717, 1.165) is 32.9 Å². The van der Waals surface area contributed by atoms with Crippen LogP contribution in [0.4, 0.5) is 17.6 Å². The van der Waals surface area contributed by atoms with Crippen molar-refractivity contribution in [2.45, 2.75) is 53.4 Å². The molecule has 12 heteroatoms. The van der Waals surface area contributed by atoms with E-state index in [-0.39, 0.29) is 37.6 Å². The molecule has 0 atom stereocenters. The van der Waals surface area contributed by atoms with Gasteiger partial charge in [0.25, 0.3) is 0 Å². The van der Waals surface area contributed by atoms with Gasteiger partial charge in [-0.15, -0.1) is 0 Å². The fourth-order valence-corrected chi connectivity index (χ4v) is 4.21. The minimum Gasteiger partial charge on any atom is -0.420 e. The summed E-state index contributed by atoms with van der Waals surface area (Å²) in [5.74, 6) is -8.56. The first kappa shape index (κ1) is 33.9. The molecule has 0 N–H and O–H groups in total. The molecule has 0 radical (unpaired) electrons. The number of likely N-dealkylation sites (tertiary alicyclic amines) is 1. The Hall–Kier alpha value is -2.28. The first-order valence-electron chi connectivity index (χ1n) is 13.6. The molecule has 1 aromatic rings. The van der Waals surface area contributed by atoms with Gasteiger partial charge in [0, 0.05) is 18.7 Å². The number of esters is 1. The zero-order valence-electron chi connectivity index (χ0n) is 23.8. The minimum absolute atomic E-state index is 0.125. The van der Waals surface area contributed by atoms with Gasteiger partial charge in [-0.1, -0.05) is 20.8 Å². The highest BCUT2D eigenvalue weighted by Crippen LogP contribution is 2.34. The summed E-state index contributed by atoms with van der Waals surface area (Å²) in [6.07, 6.45) is 2.08. The van der Waals surface area contributed by atoms with Gasteiger partial charge >= 0.3 is 5.97 Å². The summed E-state index contributed by atoms with van der Waals surface area (Å²) in [7, 11) is 0. The molecule has 2 rings (SSSR count). The number of benzene rings is 1. The van der Waals surface area contributed by atoms with Crippen molar-refractivity contribution < 1.29 is 50.8 Å². The second-order valence-corrected chi connectivity index (χ2v) is 10.7. The maximum Gasteiger partial charge on any atom is 0.313 e. The number of ether oxygens (including phenoxy) is 5. The molecule has 1 aromatic carbocycles. The van der Waals surface area contributed by atoms with E-state index in [4.69, 9.17) is 18.9 Å². The number of carbonyl (C=O) groups excluding carboxylic acids is 2. The predicted molar refractivity (Wildman–Crippen MR) is 138 cm³/mol. The van der Waals surface area contributed by atoms with Gasteiger partial charge in [0.05, 0.1) is 65.7 Å². The number of piperidine rings is 1. The van der Waals surface area contributed by atoms with Crippen LogP contribution in [0.1, 0.15) is 52.0 Å². The van der Waals surface area contributed by atoms with Gasteiger partial charge in [0.2, 0.25) is 17.5 Å². The normalized spacial score (nSPS) is 14.6. The van der Waals surface area contributed by atoms with Crippen LogP contribution in [0.2, 0.25) is 0 Å². The van der Waals surface area contributed by atoms with Crippen molar-refractivity contribution in [3.05, 3.63) is 28.8 Å². The Labute approximate surface area is 233 Å². The molecule has 1 amide bonds. The van der Waals surface area contributed by atoms with E-state index in [0.29, 0.717) is 45.4 Å². The molecule has 1 aliphatic rings. The Morgan fingerprint density at radius 2 is 1.20 bits per heavy atom. The van der Waals surface area contributed by atoms with E-state index >= 15 is 0 Å². The summed E-state index contributed by atoms with van der Waals surface area (Å²) in [5, 5.41) is 0. The topological polar surface area (TPSA) is 83.5 Å². The Morgan fingerprint density at radius 1 is 0.725 bits per heavy atom. The fourth-order valence-electron chi connectivity index (χ4n) is 4.21. The van der Waals surface area contributed by atoms with Crippen molar-refractivity contribution in [3.63, 3.8) is 0 Å². The molecule has 0 spiro atoms. The quantitative estimate of drug-likeness (QED) is 0.0708. The van der Waals surface area contributed by atoms with Crippen molar-refractivity contribution in [2.75, 3.05) is 65.9 Å². The first-order valence-corrected chi connectivity index (χ1v) is 13.6. The number of rotatable bonds is 16. The lowest BCUT2D eigenvalue weighted by Crippen LogP contribution is -2.41. The molecule has 0 aliphatic carbocycles. The zero-order valence-corrected chi connectivity index (χ0v) is 23.8. The molecule has 0 aromatic heterocycles. The van der Waals surface area contributed by atoms with Crippen LogP contribution < -0.4 is 4.74 Å². The summed E-state index contributed by atoms with van der Waals surface area (Å²) in [5.41, 5.74) is -0.513. The summed E-state index contributed by atoms with van der Waals surface area (Å²) in [6.45, 7) is 11.2. The standard InChI is InChI=1S/C28H41F4NO7/c1-19-23(29)25(31)26(32)27(24(19)30)40-22(35)8-12-37-14-16-39-18-17-38-15-13-36-11-7-21(34)33-9-5-20(6-10-33)28(2,3)4/h20H,5-18H2,1-4H3. The Balaban J connectivity index is 1.41. The van der Waals surface area contributed by atoms with Crippen LogP contribution in [0, 0.1) is 41.5 Å². The predicted octanol–water partition coefficient (Wildman–Crippen LogP) is 4.59. The van der Waals surface area contributed by atoms with Crippen LogP contribution in [0.15, 0.2) is 0 Å². The van der Waals surface area contributed by atoms with Crippen LogP contribution in [0.3, 0.4) is 0 Å². The highest BCUT2D eigenvalue weighted by Gasteiger charge is 2.30. The van der Waals surface area contributed by atoms with Gasteiger partial charge in [-0.25, -0.2) is 13.2 Å². The Kier molecular flexibility index (Phi) is 14.3. The van der Waals surface area contributed by atoms with E-state index in [1.165, 1.54) is 0 Å². The number of hydrogen-bond donors (Lipinski definition) is 0. The molecular formula is C28H41F4NO7. The maximum atomic E-state index is 13.9. The van der Waals surface area contributed by atoms with Crippen LogP contribution in [0.5, 0.6) is 5.75 Å². The number of hydrogen-bond acceptors (Lipinski definition) is 7. The molecule has 40 heavy (non-hydrogen) atoms. The van der Waals surface area contributed by atoms with E-state index in [1.54, 1.807) is 0 Å². The average molecular weight is 580 g/mol. The third-order valence-electron chi connectivity index (χ3n) is 6.76. The largest absolute Gasteiger partial charge is 0.420 e. The van der Waals surface area contributed by atoms with Crippen LogP contribution in [-0.4, -0.2) is 82.7 Å². The molecule has 1 heterocycles. The van der Waals surface area contributed by atoms with E-state index in [9.17, 15) is 27.2 Å². The van der Waals surface area contributed by atoms with Gasteiger partial charge in [-0.2, -0.15) is 4.39 Å². The van der Waals surface area contributed by atoms with Crippen molar-refractivity contribution in [2.24, 2.45) is 11.3 Å². The lowest BCUT2D eigenvalue weighted by molar-refractivity contribution is -0.136. The molecule has 0 saturated carbocycles. The lowest BCUT2D eigenvalue weighted by atomic mass is 9.75. The summed E-state index contributed by atoms with van der Waals surface area (Å²) in [4.78, 5) is 26.0. The van der Waals surface area contributed by atoms with Gasteiger partial charge < -0.3 is 28.6 Å². The molecule has 8 nitrogen and oxygen atoms in total. The minimum atomic E-state index is -1.92. The van der Waals surface area contributed by atoms with Crippen LogP contribution in [0.25, 0.3) is 0 Å². The molecule has 0 unspecified atom stereocenters. The van der Waals surface area contributed by atoms with Crippen LogP contribution >= 0.6 is 0 Å². The summed E-state index contributed by atoms with van der Waals surface area (Å²) >= 11 is 0. The lowest BCUT2D eigenvalue weighted by Gasteiger charge is -2.38. The third-order valence-corrected chi connectivity index (χ3v) is 6.76. The number of nitrogens with zero attached hydrogens (tertiary/aromatic N) is 1. The number of halogens is 4. The van der Waals surface area contributed by atoms with Gasteiger partial charge in [0.15, 0.2) is 17.5 Å². The van der Waals surface area contributed by atoms with E-state index in [1.807, 2.05) is 4.90 Å². The number of carbonyl (C=O) groups is 2. The second-order valence-electron chi connectivity index (χ2n) is 10.7. The third kappa shape index (κ3) is 10.9. The molecule has 228 valence electrons. The van der Waals surface area contributed by atoms with Gasteiger partial charge in [-0.05, 0) is 31.1 Å². The van der Waals surface area contributed by atoms with Crippen LogP contribution in [-0.2, 0) is 28.5 Å². The van der Waals surface area contributed by atoms with Gasteiger partial charge in [-0.3, -0.25) is 9.59 Å². The van der Waals surface area contributed by atoms with E-state index in [2.05, 4.69) is 25.5 Å². The van der Waals surface area contributed by atoms with E-state index < -0.39 is 40.6 Å². The SMILES string of the molecule is Cc1c(F)c(F)c(F)c(OC(=O)CCOCCOCCOCCOCCC(=O)N2CCC(C(C)(C)C)CC2)c1F. The molecule has 0 bridgehead atoms. The molecular weight excluding hydrogens is 538 g/mol. The maximum absolute atomic E-state index is 13.9. The Bertz CT molecular complexity index is 934. The zero-order chi connectivity index (χ0) is 29.7. The fraction of sp³-hybridized carbons (Fsp3) is 0.714. The first-order chi connectivity index (χ1) is 18.9. The molecule has 1 fully saturated rings. The monoisotopic (exact) mass is 579 g/mol. The number of amides is 1. The summed E-state index contributed by atoms with van der Waals surface area (Å²) < 4.78 is 80.2.